The smallest absolute Gasteiger partial charge is 0.252 e. The zero-order chi connectivity index (χ0) is 62.7. The molecule has 0 radical (unpaired) electrons. The second-order valence-electron chi connectivity index (χ2n) is 29.5. The lowest BCUT2D eigenvalue weighted by atomic mass is 9.33. The molecule has 11 aromatic rings. The van der Waals surface area contributed by atoms with Crippen LogP contribution in [0.5, 0.6) is 0 Å². The van der Waals surface area contributed by atoms with Crippen LogP contribution in [-0.2, 0) is 21.7 Å². The van der Waals surface area contributed by atoms with E-state index in [1.165, 1.54) is 140 Å². The van der Waals surface area contributed by atoms with E-state index in [4.69, 9.17) is 0 Å². The molecule has 4 nitrogen and oxygen atoms in total. The highest BCUT2D eigenvalue weighted by molar-refractivity contribution is 7.00. The summed E-state index contributed by atoms with van der Waals surface area (Å²) in [5, 5.41) is 0. The van der Waals surface area contributed by atoms with Gasteiger partial charge in [0.25, 0.3) is 6.71 Å². The van der Waals surface area contributed by atoms with Crippen LogP contribution in [0, 0.1) is 34.6 Å². The summed E-state index contributed by atoms with van der Waals surface area (Å²) >= 11 is 0. The van der Waals surface area contributed by atoms with E-state index in [9.17, 15) is 0 Å². The second kappa shape index (κ2) is 20.4. The first kappa shape index (κ1) is 57.1. The molecular formula is C85H81BN4. The third-order valence-corrected chi connectivity index (χ3v) is 20.4. The number of fused-ring (bicyclic) bond motifs is 10. The molecule has 4 aliphatic rings. The van der Waals surface area contributed by atoms with Crippen LogP contribution in [0.2, 0.25) is 0 Å². The van der Waals surface area contributed by atoms with Crippen molar-refractivity contribution in [1.82, 2.24) is 0 Å². The van der Waals surface area contributed by atoms with Gasteiger partial charge in [-0.05, 0) is 209 Å². The molecule has 15 rings (SSSR count). The van der Waals surface area contributed by atoms with E-state index in [1.807, 2.05) is 0 Å². The number of benzene rings is 11. The van der Waals surface area contributed by atoms with Gasteiger partial charge in [0, 0.05) is 73.1 Å². The molecule has 444 valence electrons. The summed E-state index contributed by atoms with van der Waals surface area (Å²) in [5.74, 6) is 0. The van der Waals surface area contributed by atoms with Crippen molar-refractivity contribution >= 4 is 91.3 Å². The first-order valence-corrected chi connectivity index (χ1v) is 32.4. The van der Waals surface area contributed by atoms with Gasteiger partial charge in [-0.2, -0.15) is 0 Å². The third-order valence-electron chi connectivity index (χ3n) is 20.4. The summed E-state index contributed by atoms with van der Waals surface area (Å²) in [4.78, 5) is 10.4. The minimum Gasteiger partial charge on any atom is -0.311 e. The molecule has 0 unspecified atom stereocenters. The fraction of sp³-hybridized carbons (Fsp3) is 0.224. The SMILES string of the molecule is Cc1ccc(N(c2ccc(C)cc2)c2cc(N3c4ccc(C(C)(C)C)cc4B4c5cc(C(C)(C)C)ccc5N(c5ccc(N(c6ccc(C)cc6)c6ccc(C)cc6)c6c5-c5ccccc5C6(C)C)c5cc(C)cc3c54)c3c(c2)C(C)(C)c2ccccc2-3)cc1. The monoisotopic (exact) mass is 1170 g/mol. The normalized spacial score (nSPS) is 14.5. The van der Waals surface area contributed by atoms with Gasteiger partial charge in [0.2, 0.25) is 0 Å². The zero-order valence-corrected chi connectivity index (χ0v) is 55.2. The van der Waals surface area contributed by atoms with E-state index >= 15 is 0 Å². The lowest BCUT2D eigenvalue weighted by Gasteiger charge is -2.46. The second-order valence-corrected chi connectivity index (χ2v) is 29.5. The third kappa shape index (κ3) is 8.85. The fourth-order valence-corrected chi connectivity index (χ4v) is 15.6. The molecule has 0 saturated heterocycles. The predicted molar refractivity (Wildman–Crippen MR) is 386 cm³/mol. The van der Waals surface area contributed by atoms with Gasteiger partial charge in [-0.3, -0.25) is 0 Å². The van der Waals surface area contributed by atoms with Gasteiger partial charge >= 0.3 is 0 Å². The van der Waals surface area contributed by atoms with Gasteiger partial charge in [0.1, 0.15) is 0 Å². The van der Waals surface area contributed by atoms with Crippen LogP contribution in [0.1, 0.15) is 130 Å². The Kier molecular flexibility index (Phi) is 12.9. The molecule has 5 heteroatoms. The van der Waals surface area contributed by atoms with Gasteiger partial charge in [-0.15, -0.1) is 0 Å². The van der Waals surface area contributed by atoms with Crippen molar-refractivity contribution in [1.29, 1.82) is 0 Å². The molecule has 0 saturated carbocycles. The fourth-order valence-electron chi connectivity index (χ4n) is 15.6. The molecule has 2 aliphatic carbocycles. The zero-order valence-electron chi connectivity index (χ0n) is 55.2. The van der Waals surface area contributed by atoms with E-state index < -0.39 is 0 Å². The molecule has 11 aromatic carbocycles. The van der Waals surface area contributed by atoms with Gasteiger partial charge in [0.05, 0.1) is 17.1 Å². The van der Waals surface area contributed by atoms with E-state index in [0.29, 0.717) is 0 Å². The quantitative estimate of drug-likeness (QED) is 0.141. The Morgan fingerprint density at radius 1 is 0.333 bits per heavy atom. The molecule has 2 aliphatic heterocycles. The molecule has 2 heterocycles. The average molecular weight is 1170 g/mol. The van der Waals surface area contributed by atoms with Crippen LogP contribution in [0.3, 0.4) is 0 Å². The highest BCUT2D eigenvalue weighted by atomic mass is 15.2. The molecule has 0 fully saturated rings. The molecule has 0 spiro atoms. The molecule has 0 bridgehead atoms. The van der Waals surface area contributed by atoms with Gasteiger partial charge < -0.3 is 19.6 Å². The summed E-state index contributed by atoms with van der Waals surface area (Å²) in [6.45, 7) is 34.9. The Morgan fingerprint density at radius 3 is 1.21 bits per heavy atom. The van der Waals surface area contributed by atoms with Crippen molar-refractivity contribution in [3.63, 3.8) is 0 Å². The number of aryl methyl sites for hydroxylation is 5. The van der Waals surface area contributed by atoms with Crippen LogP contribution in [0.15, 0.2) is 218 Å². The summed E-state index contributed by atoms with van der Waals surface area (Å²) in [7, 11) is 0. The first-order chi connectivity index (χ1) is 43.0. The Bertz CT molecular complexity index is 4630. The number of nitrogens with zero attached hydrogens (tertiary/aromatic N) is 4. The minimum atomic E-state index is -0.367. The van der Waals surface area contributed by atoms with Crippen LogP contribution < -0.4 is 36.0 Å². The highest BCUT2D eigenvalue weighted by Gasteiger charge is 2.49. The van der Waals surface area contributed by atoms with Crippen molar-refractivity contribution in [2.75, 3.05) is 19.6 Å². The summed E-state index contributed by atoms with van der Waals surface area (Å²) in [6.07, 6.45) is 0. The van der Waals surface area contributed by atoms with E-state index in [1.54, 1.807) is 0 Å². The number of anilines is 12. The standard InChI is InChI=1S/C85H81BN4/c1-52-24-34-59(35-25-52)87(60-36-26-53(2)27-37-60)63-50-68-78(64-20-16-18-22-66(64)84(68,12)13)75(51-63)90-72-43-33-58(83(9,10)11)49-70(72)86-69-48-57(82(6,7)8)32-42-71(69)89(76-46-56(5)47-77(90)81(76)86)73-44-45-74(80-79(73)65-21-17-19-23-67(65)85(80,14)15)88(61-38-28-54(3)29-39-61)62-40-30-55(4)31-41-62/h16-51H,1-15H3. The van der Waals surface area contributed by atoms with Crippen LogP contribution in [-0.4, -0.2) is 6.71 Å². The van der Waals surface area contributed by atoms with Crippen molar-refractivity contribution in [3.8, 4) is 22.3 Å². The molecule has 90 heavy (non-hydrogen) atoms. The van der Waals surface area contributed by atoms with Crippen LogP contribution >= 0.6 is 0 Å². The van der Waals surface area contributed by atoms with E-state index in [2.05, 4.69) is 342 Å². The first-order valence-electron chi connectivity index (χ1n) is 32.4. The number of rotatable bonds is 8. The molecule has 0 aromatic heterocycles. The van der Waals surface area contributed by atoms with Crippen LogP contribution in [0.25, 0.3) is 22.3 Å². The maximum atomic E-state index is 2.71. The number of hydrogen-bond acceptors (Lipinski definition) is 4. The highest BCUT2D eigenvalue weighted by Crippen LogP contribution is 2.61. The molecule has 0 amide bonds. The molecule has 0 N–H and O–H groups in total. The van der Waals surface area contributed by atoms with Crippen molar-refractivity contribution < 1.29 is 0 Å². The van der Waals surface area contributed by atoms with E-state index in [-0.39, 0.29) is 28.4 Å². The van der Waals surface area contributed by atoms with Gasteiger partial charge in [0.15, 0.2) is 0 Å². The number of hydrogen-bond donors (Lipinski definition) is 0. The van der Waals surface area contributed by atoms with E-state index in [0.717, 1.165) is 28.4 Å². The Hall–Kier alpha value is -9.32. The lowest BCUT2D eigenvalue weighted by molar-refractivity contribution is 0.590. The predicted octanol–water partition coefficient (Wildman–Crippen LogP) is 21.5. The van der Waals surface area contributed by atoms with Gasteiger partial charge in [-0.25, -0.2) is 0 Å². The van der Waals surface area contributed by atoms with Crippen molar-refractivity contribution in [3.05, 3.63) is 280 Å². The maximum absolute atomic E-state index is 2.71. The molecular weight excluding hydrogens is 1090 g/mol. The lowest BCUT2D eigenvalue weighted by Crippen LogP contribution is -2.61. The van der Waals surface area contributed by atoms with Crippen LogP contribution in [0.4, 0.5) is 68.2 Å². The summed E-state index contributed by atoms with van der Waals surface area (Å²) < 4.78 is 0. The summed E-state index contributed by atoms with van der Waals surface area (Å²) in [5.41, 5.74) is 36.3. The maximum Gasteiger partial charge on any atom is 0.252 e. The Morgan fingerprint density at radius 2 is 0.744 bits per heavy atom. The average Bonchev–Trinajstić information content (AvgIpc) is 1.12. The minimum absolute atomic E-state index is 0.0936. The Balaban J connectivity index is 1.06. The van der Waals surface area contributed by atoms with Gasteiger partial charge in [-0.1, -0.05) is 213 Å². The van der Waals surface area contributed by atoms with Crippen molar-refractivity contribution in [2.45, 2.75) is 126 Å². The summed E-state index contributed by atoms with van der Waals surface area (Å²) in [6, 6.07) is 84.7. The Labute approximate surface area is 535 Å². The van der Waals surface area contributed by atoms with Crippen molar-refractivity contribution in [2.24, 2.45) is 0 Å². The molecule has 0 atom stereocenters. The largest absolute Gasteiger partial charge is 0.311 e. The topological polar surface area (TPSA) is 13.0 Å².